The molecule has 1 saturated carbocycles. The van der Waals surface area contributed by atoms with Crippen molar-refractivity contribution in [2.45, 2.75) is 162 Å². The molecule has 218 valence electrons. The van der Waals surface area contributed by atoms with E-state index in [-0.39, 0.29) is 12.2 Å². The van der Waals surface area contributed by atoms with Crippen molar-refractivity contribution >= 4 is 12.3 Å². The molecule has 6 heteroatoms. The van der Waals surface area contributed by atoms with E-state index in [1.807, 2.05) is 0 Å². The second-order valence-electron chi connectivity index (χ2n) is 11.8. The van der Waals surface area contributed by atoms with Gasteiger partial charge in [0.15, 0.2) is 0 Å². The van der Waals surface area contributed by atoms with Crippen molar-refractivity contribution in [3.05, 3.63) is 0 Å². The molecule has 0 radical (unpaired) electrons. The fraction of sp³-hybridized carbons (Fsp3) is 0.935. The summed E-state index contributed by atoms with van der Waals surface area (Å²) in [5, 5.41) is 0. The summed E-state index contributed by atoms with van der Waals surface area (Å²) in [5.41, 5.74) is 0. The highest BCUT2D eigenvalue weighted by atomic mass is 16.7. The van der Waals surface area contributed by atoms with E-state index in [1.165, 1.54) is 70.6 Å². The van der Waals surface area contributed by atoms with Crippen LogP contribution in [0.3, 0.4) is 0 Å². The summed E-state index contributed by atoms with van der Waals surface area (Å²) in [5.74, 6) is 1.60. The third-order valence-corrected chi connectivity index (χ3v) is 7.19. The molecule has 1 aliphatic rings. The van der Waals surface area contributed by atoms with Crippen molar-refractivity contribution in [1.29, 1.82) is 0 Å². The molecule has 0 N–H and O–H groups in total. The number of carbonyl (C=O) groups is 2. The molecule has 6 nitrogen and oxygen atoms in total. The molecule has 1 fully saturated rings. The first-order valence-electron chi connectivity index (χ1n) is 15.5. The Morgan fingerprint density at radius 1 is 0.514 bits per heavy atom. The van der Waals surface area contributed by atoms with Gasteiger partial charge in [0.2, 0.25) is 0 Å². The monoisotopic (exact) mass is 526 g/mol. The van der Waals surface area contributed by atoms with Crippen LogP contribution >= 0.6 is 0 Å². The van der Waals surface area contributed by atoms with Crippen LogP contribution < -0.4 is 0 Å². The highest BCUT2D eigenvalue weighted by molar-refractivity contribution is 5.60. The van der Waals surface area contributed by atoms with Crippen molar-refractivity contribution in [1.82, 2.24) is 0 Å². The van der Waals surface area contributed by atoms with Gasteiger partial charge < -0.3 is 18.9 Å². The lowest BCUT2D eigenvalue weighted by atomic mass is 9.95. The predicted octanol–water partition coefficient (Wildman–Crippen LogP) is 9.77. The lowest BCUT2D eigenvalue weighted by Crippen LogP contribution is -2.30. The average Bonchev–Trinajstić information content (AvgIpc) is 2.85. The lowest BCUT2D eigenvalue weighted by molar-refractivity contribution is -0.0271. The number of unbranched alkanes of at least 4 members (excludes halogenated alkanes) is 11. The zero-order valence-electron chi connectivity index (χ0n) is 24.6. The molecule has 1 aliphatic carbocycles. The Balaban J connectivity index is 1.92. The SMILES string of the molecule is CC(C)CCCCCCCCCOC(=O)OC1CCC(OC(=O)OCCCCCCCCC(C)C)CC1. The van der Waals surface area contributed by atoms with Crippen LogP contribution in [0.1, 0.15) is 150 Å². The van der Waals surface area contributed by atoms with Gasteiger partial charge in [0.25, 0.3) is 0 Å². The summed E-state index contributed by atoms with van der Waals surface area (Å²) >= 11 is 0. The van der Waals surface area contributed by atoms with Gasteiger partial charge >= 0.3 is 12.3 Å². The Hall–Kier alpha value is -1.46. The molecule has 0 saturated heterocycles. The van der Waals surface area contributed by atoms with Crippen LogP contribution in [0.25, 0.3) is 0 Å². The minimum absolute atomic E-state index is 0.158. The quantitative estimate of drug-likeness (QED) is 0.109. The normalized spacial score (nSPS) is 17.7. The molecular weight excluding hydrogens is 468 g/mol. The van der Waals surface area contributed by atoms with E-state index in [9.17, 15) is 9.59 Å². The van der Waals surface area contributed by atoms with E-state index in [2.05, 4.69) is 27.7 Å². The molecule has 1 rings (SSSR count). The molecule has 0 aromatic carbocycles. The van der Waals surface area contributed by atoms with Crippen molar-refractivity contribution in [2.24, 2.45) is 11.8 Å². The second-order valence-corrected chi connectivity index (χ2v) is 11.8. The molecule has 0 aromatic rings. The van der Waals surface area contributed by atoms with Gasteiger partial charge in [-0.15, -0.1) is 0 Å². The van der Waals surface area contributed by atoms with E-state index in [0.717, 1.165) is 37.5 Å². The predicted molar refractivity (Wildman–Crippen MR) is 150 cm³/mol. The van der Waals surface area contributed by atoms with Crippen molar-refractivity contribution in [3.8, 4) is 0 Å². The van der Waals surface area contributed by atoms with Gasteiger partial charge in [-0.2, -0.15) is 0 Å². The van der Waals surface area contributed by atoms with Gasteiger partial charge in [0.05, 0.1) is 13.2 Å². The van der Waals surface area contributed by atoms with Gasteiger partial charge in [-0.25, -0.2) is 9.59 Å². The summed E-state index contributed by atoms with van der Waals surface area (Å²) in [6, 6.07) is 0. The highest BCUT2D eigenvalue weighted by Gasteiger charge is 2.27. The van der Waals surface area contributed by atoms with Crippen molar-refractivity contribution in [3.63, 3.8) is 0 Å². The minimum Gasteiger partial charge on any atom is -0.434 e. The summed E-state index contributed by atoms with van der Waals surface area (Å²) in [6.07, 6.45) is 19.4. The van der Waals surface area contributed by atoms with Crippen LogP contribution in [0.4, 0.5) is 9.59 Å². The summed E-state index contributed by atoms with van der Waals surface area (Å²) in [6.45, 7) is 9.95. The molecular formula is C31H58O6. The molecule has 0 bridgehead atoms. The number of hydrogen-bond donors (Lipinski definition) is 0. The Kier molecular flexibility index (Phi) is 20.4. The van der Waals surface area contributed by atoms with Gasteiger partial charge in [0, 0.05) is 0 Å². The fourth-order valence-corrected chi connectivity index (χ4v) is 4.82. The topological polar surface area (TPSA) is 71.1 Å². The number of carbonyl (C=O) groups excluding carboxylic acids is 2. The highest BCUT2D eigenvalue weighted by Crippen LogP contribution is 2.24. The van der Waals surface area contributed by atoms with Gasteiger partial charge in [-0.1, -0.05) is 111 Å². The Morgan fingerprint density at radius 3 is 1.14 bits per heavy atom. The van der Waals surface area contributed by atoms with Crippen LogP contribution in [0.15, 0.2) is 0 Å². The maximum absolute atomic E-state index is 12.0. The number of rotatable bonds is 21. The van der Waals surface area contributed by atoms with E-state index in [1.54, 1.807) is 0 Å². The third kappa shape index (κ3) is 21.2. The van der Waals surface area contributed by atoms with Gasteiger partial charge in [-0.3, -0.25) is 0 Å². The minimum atomic E-state index is -0.573. The Bertz CT molecular complexity index is 554. The maximum Gasteiger partial charge on any atom is 0.508 e. The first kappa shape index (κ1) is 33.6. The fourth-order valence-electron chi connectivity index (χ4n) is 4.82. The lowest BCUT2D eigenvalue weighted by Gasteiger charge is -2.27. The first-order valence-corrected chi connectivity index (χ1v) is 15.5. The van der Waals surface area contributed by atoms with Crippen LogP contribution in [0.5, 0.6) is 0 Å². The zero-order chi connectivity index (χ0) is 27.1. The summed E-state index contributed by atoms with van der Waals surface area (Å²) in [4.78, 5) is 23.9. The number of ether oxygens (including phenoxy) is 4. The van der Waals surface area contributed by atoms with Crippen LogP contribution in [-0.2, 0) is 18.9 Å². The van der Waals surface area contributed by atoms with Gasteiger partial charge in [0.1, 0.15) is 12.2 Å². The third-order valence-electron chi connectivity index (χ3n) is 7.19. The largest absolute Gasteiger partial charge is 0.508 e. The Labute approximate surface area is 227 Å². The molecule has 0 aliphatic heterocycles. The summed E-state index contributed by atoms with van der Waals surface area (Å²) in [7, 11) is 0. The van der Waals surface area contributed by atoms with E-state index in [4.69, 9.17) is 18.9 Å². The smallest absolute Gasteiger partial charge is 0.434 e. The molecule has 0 atom stereocenters. The number of hydrogen-bond acceptors (Lipinski definition) is 6. The Morgan fingerprint density at radius 2 is 0.811 bits per heavy atom. The maximum atomic E-state index is 12.0. The van der Waals surface area contributed by atoms with Crippen LogP contribution in [0.2, 0.25) is 0 Å². The van der Waals surface area contributed by atoms with E-state index >= 15 is 0 Å². The molecule has 0 aromatic heterocycles. The second kappa shape index (κ2) is 22.5. The zero-order valence-corrected chi connectivity index (χ0v) is 24.6. The molecule has 37 heavy (non-hydrogen) atoms. The first-order chi connectivity index (χ1) is 17.9. The standard InChI is InChI=1S/C31H58O6/c1-26(2)18-14-10-6-5-8-12-16-24-34-30(32)36-28-20-22-29(23-21-28)37-31(33)35-25-17-13-9-7-11-15-19-27(3)4/h26-29H,5-25H2,1-4H3. The molecule has 0 amide bonds. The molecule has 0 heterocycles. The molecule has 0 spiro atoms. The van der Waals surface area contributed by atoms with Crippen LogP contribution in [-0.4, -0.2) is 37.7 Å². The van der Waals surface area contributed by atoms with Gasteiger partial charge in [-0.05, 0) is 50.4 Å². The summed E-state index contributed by atoms with van der Waals surface area (Å²) < 4.78 is 21.4. The van der Waals surface area contributed by atoms with E-state index < -0.39 is 12.3 Å². The van der Waals surface area contributed by atoms with Crippen molar-refractivity contribution in [2.75, 3.05) is 13.2 Å². The van der Waals surface area contributed by atoms with E-state index in [0.29, 0.717) is 38.9 Å². The van der Waals surface area contributed by atoms with Crippen molar-refractivity contribution < 1.29 is 28.5 Å². The molecule has 0 unspecified atom stereocenters. The average molecular weight is 527 g/mol. The van der Waals surface area contributed by atoms with Crippen LogP contribution in [0, 0.1) is 11.8 Å².